The fourth-order valence-electron chi connectivity index (χ4n) is 3.53. The van der Waals surface area contributed by atoms with Crippen molar-refractivity contribution in [2.45, 2.75) is 64.6 Å². The Hall–Kier alpha value is -2.62. The largest absolute Gasteiger partial charge is 0.452 e. The highest BCUT2D eigenvalue weighted by Crippen LogP contribution is 2.39. The monoisotopic (exact) mass is 382 g/mol. The van der Waals surface area contributed by atoms with Crippen LogP contribution in [0.25, 0.3) is 0 Å². The molecule has 0 aromatic heterocycles. The molecule has 0 spiro atoms. The summed E-state index contributed by atoms with van der Waals surface area (Å²) in [5, 5.41) is 0. The number of carbonyl (C=O) groups excluding carboxylic acids is 2. The minimum Gasteiger partial charge on any atom is -0.452 e. The Kier molecular flexibility index (Phi) is 7.38. The van der Waals surface area contributed by atoms with Crippen molar-refractivity contribution in [1.82, 2.24) is 0 Å². The average Bonchev–Trinajstić information content (AvgIpc) is 2.69. The molecule has 0 fully saturated rings. The first kappa shape index (κ1) is 21.7. The molecular formula is C24H30O4. The summed E-state index contributed by atoms with van der Waals surface area (Å²) in [4.78, 5) is 25.6. The van der Waals surface area contributed by atoms with E-state index in [1.54, 1.807) is 48.5 Å². The topological polar surface area (TPSA) is 52.6 Å². The summed E-state index contributed by atoms with van der Waals surface area (Å²) >= 11 is 0. The van der Waals surface area contributed by atoms with Gasteiger partial charge < -0.3 is 9.47 Å². The molecule has 0 saturated heterocycles. The van der Waals surface area contributed by atoms with E-state index in [0.29, 0.717) is 24.0 Å². The Bertz CT molecular complexity index is 760. The van der Waals surface area contributed by atoms with Crippen molar-refractivity contribution in [3.05, 3.63) is 71.8 Å². The third-order valence-corrected chi connectivity index (χ3v) is 5.06. The molecule has 0 saturated carbocycles. The SMILES string of the molecule is CCCC(CCC)(OC(=O)c1ccccc1)C(C)(C)OC(=O)c1ccccc1. The van der Waals surface area contributed by atoms with Crippen LogP contribution in [0.2, 0.25) is 0 Å². The van der Waals surface area contributed by atoms with Crippen LogP contribution >= 0.6 is 0 Å². The Balaban J connectivity index is 2.33. The van der Waals surface area contributed by atoms with Gasteiger partial charge in [-0.1, -0.05) is 63.1 Å². The van der Waals surface area contributed by atoms with E-state index in [1.807, 2.05) is 39.8 Å². The van der Waals surface area contributed by atoms with E-state index in [9.17, 15) is 9.59 Å². The number of benzene rings is 2. The highest BCUT2D eigenvalue weighted by Gasteiger charge is 2.50. The molecule has 0 radical (unpaired) electrons. The van der Waals surface area contributed by atoms with E-state index in [2.05, 4.69) is 0 Å². The maximum atomic E-state index is 12.8. The van der Waals surface area contributed by atoms with Gasteiger partial charge in [-0.05, 0) is 51.0 Å². The quantitative estimate of drug-likeness (QED) is 0.513. The lowest BCUT2D eigenvalue weighted by atomic mass is 9.78. The molecular weight excluding hydrogens is 352 g/mol. The van der Waals surface area contributed by atoms with Crippen molar-refractivity contribution in [1.29, 1.82) is 0 Å². The van der Waals surface area contributed by atoms with Gasteiger partial charge in [0.05, 0.1) is 11.1 Å². The van der Waals surface area contributed by atoms with Crippen molar-refractivity contribution in [3.8, 4) is 0 Å². The zero-order valence-electron chi connectivity index (χ0n) is 17.2. The van der Waals surface area contributed by atoms with Crippen molar-refractivity contribution in [2.24, 2.45) is 0 Å². The van der Waals surface area contributed by atoms with Gasteiger partial charge in [-0.25, -0.2) is 9.59 Å². The van der Waals surface area contributed by atoms with Gasteiger partial charge in [-0.15, -0.1) is 0 Å². The lowest BCUT2D eigenvalue weighted by Crippen LogP contribution is -2.55. The van der Waals surface area contributed by atoms with Gasteiger partial charge in [-0.2, -0.15) is 0 Å². The Labute approximate surface area is 167 Å². The molecule has 0 aliphatic heterocycles. The van der Waals surface area contributed by atoms with Crippen LogP contribution in [0.4, 0.5) is 0 Å². The number of rotatable bonds is 9. The summed E-state index contributed by atoms with van der Waals surface area (Å²) in [6, 6.07) is 17.8. The van der Waals surface area contributed by atoms with Gasteiger partial charge >= 0.3 is 11.9 Å². The predicted octanol–water partition coefficient (Wildman–Crippen LogP) is 5.82. The molecule has 0 aliphatic rings. The van der Waals surface area contributed by atoms with E-state index in [0.717, 1.165) is 12.8 Å². The van der Waals surface area contributed by atoms with Crippen LogP contribution in [0.1, 0.15) is 74.1 Å². The minimum atomic E-state index is -0.990. The Morgan fingerprint density at radius 2 is 1.11 bits per heavy atom. The van der Waals surface area contributed by atoms with E-state index in [1.165, 1.54) is 0 Å². The number of ether oxygens (including phenoxy) is 2. The molecule has 4 nitrogen and oxygen atoms in total. The third kappa shape index (κ3) is 5.00. The fraction of sp³-hybridized carbons (Fsp3) is 0.417. The molecule has 28 heavy (non-hydrogen) atoms. The Morgan fingerprint density at radius 3 is 1.50 bits per heavy atom. The van der Waals surface area contributed by atoms with E-state index in [-0.39, 0.29) is 0 Å². The van der Waals surface area contributed by atoms with Gasteiger partial charge in [-0.3, -0.25) is 0 Å². The molecule has 0 unspecified atom stereocenters. The van der Waals surface area contributed by atoms with Crippen LogP contribution in [-0.4, -0.2) is 23.1 Å². The second-order valence-electron chi connectivity index (χ2n) is 7.52. The maximum absolute atomic E-state index is 12.8. The van der Waals surface area contributed by atoms with Gasteiger partial charge in [0.1, 0.15) is 5.60 Å². The molecule has 0 heterocycles. The molecule has 150 valence electrons. The number of hydrogen-bond donors (Lipinski definition) is 0. The fourth-order valence-corrected chi connectivity index (χ4v) is 3.53. The summed E-state index contributed by atoms with van der Waals surface area (Å²) in [5.41, 5.74) is -0.930. The van der Waals surface area contributed by atoms with E-state index >= 15 is 0 Å². The van der Waals surface area contributed by atoms with Gasteiger partial charge in [0.2, 0.25) is 0 Å². The summed E-state index contributed by atoms with van der Waals surface area (Å²) in [7, 11) is 0. The highest BCUT2D eigenvalue weighted by atomic mass is 16.6. The van der Waals surface area contributed by atoms with E-state index in [4.69, 9.17) is 9.47 Å². The van der Waals surface area contributed by atoms with Crippen LogP contribution in [-0.2, 0) is 9.47 Å². The lowest BCUT2D eigenvalue weighted by Gasteiger charge is -2.45. The van der Waals surface area contributed by atoms with Gasteiger partial charge in [0.25, 0.3) is 0 Å². The second-order valence-corrected chi connectivity index (χ2v) is 7.52. The molecule has 0 N–H and O–H groups in total. The number of hydrogen-bond acceptors (Lipinski definition) is 4. The number of carbonyl (C=O) groups is 2. The Morgan fingerprint density at radius 1 is 0.714 bits per heavy atom. The smallest absolute Gasteiger partial charge is 0.338 e. The molecule has 0 aliphatic carbocycles. The van der Waals surface area contributed by atoms with Crippen LogP contribution in [0, 0.1) is 0 Å². The summed E-state index contributed by atoms with van der Waals surface area (Å²) in [6.07, 6.45) is 2.81. The second kappa shape index (κ2) is 9.54. The summed E-state index contributed by atoms with van der Waals surface area (Å²) in [6.45, 7) is 7.74. The van der Waals surface area contributed by atoms with Crippen molar-refractivity contribution in [3.63, 3.8) is 0 Å². The van der Waals surface area contributed by atoms with Crippen LogP contribution in [0.5, 0.6) is 0 Å². The highest BCUT2D eigenvalue weighted by molar-refractivity contribution is 5.90. The molecule has 2 rings (SSSR count). The van der Waals surface area contributed by atoms with Gasteiger partial charge in [0, 0.05) is 0 Å². The van der Waals surface area contributed by atoms with Crippen molar-refractivity contribution >= 4 is 11.9 Å². The third-order valence-electron chi connectivity index (χ3n) is 5.06. The van der Waals surface area contributed by atoms with Crippen molar-refractivity contribution < 1.29 is 19.1 Å². The van der Waals surface area contributed by atoms with Crippen molar-refractivity contribution in [2.75, 3.05) is 0 Å². The normalized spacial score (nSPS) is 11.7. The summed E-state index contributed by atoms with van der Waals surface area (Å²) in [5.74, 6) is -0.815. The maximum Gasteiger partial charge on any atom is 0.338 e. The first-order valence-corrected chi connectivity index (χ1v) is 9.92. The van der Waals surface area contributed by atoms with Gasteiger partial charge in [0.15, 0.2) is 5.60 Å². The number of esters is 2. The molecule has 2 aromatic rings. The molecule has 0 bridgehead atoms. The summed E-state index contributed by atoms with van der Waals surface area (Å²) < 4.78 is 12.0. The zero-order valence-corrected chi connectivity index (χ0v) is 17.2. The van der Waals surface area contributed by atoms with Crippen LogP contribution < -0.4 is 0 Å². The first-order chi connectivity index (χ1) is 13.3. The average molecular weight is 383 g/mol. The molecule has 0 atom stereocenters. The first-order valence-electron chi connectivity index (χ1n) is 9.92. The lowest BCUT2D eigenvalue weighted by molar-refractivity contribution is -0.150. The zero-order chi connectivity index (χ0) is 20.6. The van der Waals surface area contributed by atoms with E-state index < -0.39 is 23.1 Å². The standard InChI is InChI=1S/C24H30O4/c1-5-17-24(18-6-2,28-22(26)20-15-11-8-12-16-20)23(3,4)27-21(25)19-13-9-7-10-14-19/h7-16H,5-6,17-18H2,1-4H3. The van der Waals surface area contributed by atoms with Crippen LogP contribution in [0.15, 0.2) is 60.7 Å². The minimum absolute atomic E-state index is 0.397. The van der Waals surface area contributed by atoms with Crippen LogP contribution in [0.3, 0.4) is 0 Å². The molecule has 0 amide bonds. The molecule has 2 aromatic carbocycles. The molecule has 4 heteroatoms. The predicted molar refractivity (Wildman–Crippen MR) is 110 cm³/mol.